The van der Waals surface area contributed by atoms with Crippen LogP contribution in [0.1, 0.15) is 46.4 Å². The van der Waals surface area contributed by atoms with Crippen molar-refractivity contribution >= 4 is 17.7 Å². The first-order valence-electron chi connectivity index (χ1n) is 8.56. The molecule has 1 heterocycles. The van der Waals surface area contributed by atoms with Gasteiger partial charge in [-0.25, -0.2) is 0 Å². The Morgan fingerprint density at radius 2 is 1.79 bits per heavy atom. The monoisotopic (exact) mass is 324 g/mol. The summed E-state index contributed by atoms with van der Waals surface area (Å²) in [4.78, 5) is 37.8. The van der Waals surface area contributed by atoms with Crippen molar-refractivity contribution in [3.63, 3.8) is 0 Å². The molecule has 5 heteroatoms. The van der Waals surface area contributed by atoms with E-state index in [1.54, 1.807) is 24.3 Å². The fourth-order valence-electron chi connectivity index (χ4n) is 4.07. The molecule has 2 aliphatic carbocycles. The molecule has 124 valence electrons. The summed E-state index contributed by atoms with van der Waals surface area (Å²) >= 11 is 0. The van der Waals surface area contributed by atoms with Crippen LogP contribution in [0.2, 0.25) is 0 Å². The van der Waals surface area contributed by atoms with Crippen molar-refractivity contribution in [3.05, 3.63) is 47.5 Å². The largest absolute Gasteiger partial charge is 0.353 e. The van der Waals surface area contributed by atoms with E-state index in [0.717, 1.165) is 12.8 Å². The molecule has 1 aromatic carbocycles. The normalized spacial score (nSPS) is 27.0. The number of allylic oxidation sites excluding steroid dienone is 1. The zero-order valence-electron chi connectivity index (χ0n) is 13.4. The highest BCUT2D eigenvalue weighted by Gasteiger charge is 2.37. The Hall–Kier alpha value is -2.43. The number of carbonyl (C=O) groups is 3. The highest BCUT2D eigenvalue weighted by molar-refractivity contribution is 6.21. The number of hydrogen-bond acceptors (Lipinski definition) is 3. The van der Waals surface area contributed by atoms with Gasteiger partial charge in [0.2, 0.25) is 5.91 Å². The minimum atomic E-state index is -0.255. The van der Waals surface area contributed by atoms with Gasteiger partial charge >= 0.3 is 0 Å². The van der Waals surface area contributed by atoms with Crippen LogP contribution in [0.25, 0.3) is 0 Å². The lowest BCUT2D eigenvalue weighted by Crippen LogP contribution is -2.38. The first-order valence-corrected chi connectivity index (χ1v) is 8.56. The SMILES string of the molecule is O=C(CCCN1C(=O)c2ccccc2C1=O)NC1CC2C=CC1C2. The van der Waals surface area contributed by atoms with E-state index in [-0.39, 0.29) is 30.3 Å². The number of rotatable bonds is 5. The van der Waals surface area contributed by atoms with E-state index >= 15 is 0 Å². The predicted octanol–water partition coefficient (Wildman–Crippen LogP) is 2.14. The fourth-order valence-corrected chi connectivity index (χ4v) is 4.07. The minimum absolute atomic E-state index is 0.0116. The Morgan fingerprint density at radius 1 is 1.08 bits per heavy atom. The summed E-state index contributed by atoms with van der Waals surface area (Å²) in [6.07, 6.45) is 7.47. The predicted molar refractivity (Wildman–Crippen MR) is 88.3 cm³/mol. The van der Waals surface area contributed by atoms with Crippen LogP contribution in [-0.2, 0) is 4.79 Å². The van der Waals surface area contributed by atoms with Crippen molar-refractivity contribution in [2.24, 2.45) is 11.8 Å². The summed E-state index contributed by atoms with van der Waals surface area (Å²) in [5, 5.41) is 3.10. The number of nitrogens with zero attached hydrogens (tertiary/aromatic N) is 1. The fraction of sp³-hybridized carbons (Fsp3) is 0.421. The van der Waals surface area contributed by atoms with Crippen molar-refractivity contribution < 1.29 is 14.4 Å². The highest BCUT2D eigenvalue weighted by atomic mass is 16.2. The van der Waals surface area contributed by atoms with Gasteiger partial charge in [-0.2, -0.15) is 0 Å². The molecule has 0 aromatic heterocycles. The number of amides is 3. The van der Waals surface area contributed by atoms with Gasteiger partial charge in [0.15, 0.2) is 0 Å². The summed E-state index contributed by atoms with van der Waals surface area (Å²) in [5.41, 5.74) is 0.918. The van der Waals surface area contributed by atoms with Crippen LogP contribution < -0.4 is 5.32 Å². The second kappa shape index (κ2) is 5.89. The maximum absolute atomic E-state index is 12.2. The van der Waals surface area contributed by atoms with Gasteiger partial charge in [-0.15, -0.1) is 0 Å². The zero-order chi connectivity index (χ0) is 16.7. The molecule has 3 atom stereocenters. The van der Waals surface area contributed by atoms with Gasteiger partial charge in [0.05, 0.1) is 11.1 Å². The molecule has 1 saturated carbocycles. The summed E-state index contributed by atoms with van der Waals surface area (Å²) < 4.78 is 0. The number of imide groups is 1. The topological polar surface area (TPSA) is 66.5 Å². The Balaban J connectivity index is 1.27. The van der Waals surface area contributed by atoms with Gasteiger partial charge < -0.3 is 5.32 Å². The molecule has 1 fully saturated rings. The van der Waals surface area contributed by atoms with E-state index in [0.29, 0.717) is 35.8 Å². The number of fused-ring (bicyclic) bond motifs is 3. The van der Waals surface area contributed by atoms with Gasteiger partial charge in [-0.05, 0) is 43.2 Å². The van der Waals surface area contributed by atoms with Gasteiger partial charge in [-0.3, -0.25) is 19.3 Å². The van der Waals surface area contributed by atoms with Crippen LogP contribution in [0.5, 0.6) is 0 Å². The van der Waals surface area contributed by atoms with Gasteiger partial charge in [-0.1, -0.05) is 24.3 Å². The van der Waals surface area contributed by atoms with Crippen molar-refractivity contribution in [1.82, 2.24) is 10.2 Å². The number of carbonyl (C=O) groups excluding carboxylic acids is 3. The van der Waals surface area contributed by atoms with Gasteiger partial charge in [0.25, 0.3) is 11.8 Å². The first-order chi connectivity index (χ1) is 11.6. The first kappa shape index (κ1) is 15.1. The molecule has 1 N–H and O–H groups in total. The molecular formula is C19H20N2O3. The quantitative estimate of drug-likeness (QED) is 0.666. The standard InChI is InChI=1S/C19H20N2O3/c22-17(20-16-11-12-7-8-13(16)10-12)6-3-9-21-18(23)14-4-1-2-5-15(14)19(21)24/h1-2,4-5,7-8,12-13,16H,3,6,9-11H2,(H,20,22). The Kier molecular flexibility index (Phi) is 3.71. The third-order valence-electron chi connectivity index (χ3n) is 5.29. The van der Waals surface area contributed by atoms with E-state index in [1.807, 2.05) is 0 Å². The molecule has 3 unspecified atom stereocenters. The van der Waals surface area contributed by atoms with E-state index in [2.05, 4.69) is 17.5 Å². The molecule has 0 saturated heterocycles. The molecule has 5 nitrogen and oxygen atoms in total. The second-order valence-electron chi connectivity index (χ2n) is 6.87. The number of hydrogen-bond donors (Lipinski definition) is 1. The molecule has 4 rings (SSSR count). The minimum Gasteiger partial charge on any atom is -0.353 e. The van der Waals surface area contributed by atoms with Crippen LogP contribution in [0, 0.1) is 11.8 Å². The van der Waals surface area contributed by atoms with Crippen LogP contribution in [0.4, 0.5) is 0 Å². The molecule has 3 aliphatic rings. The summed E-state index contributed by atoms with van der Waals surface area (Å²) in [5.74, 6) is 0.606. The molecule has 1 aromatic rings. The zero-order valence-corrected chi connectivity index (χ0v) is 13.4. The molecule has 0 radical (unpaired) electrons. The van der Waals surface area contributed by atoms with Crippen LogP contribution in [0.15, 0.2) is 36.4 Å². The molecule has 3 amide bonds. The van der Waals surface area contributed by atoms with Crippen LogP contribution in [0.3, 0.4) is 0 Å². The summed E-state index contributed by atoms with van der Waals surface area (Å²) in [7, 11) is 0. The molecule has 2 bridgehead atoms. The average molecular weight is 324 g/mol. The number of benzene rings is 1. The Labute approximate surface area is 140 Å². The Morgan fingerprint density at radius 3 is 2.38 bits per heavy atom. The smallest absolute Gasteiger partial charge is 0.261 e. The Bertz CT molecular complexity index is 705. The van der Waals surface area contributed by atoms with E-state index in [1.165, 1.54) is 4.90 Å². The average Bonchev–Trinajstić information content (AvgIpc) is 3.25. The van der Waals surface area contributed by atoms with E-state index < -0.39 is 0 Å². The maximum atomic E-state index is 12.2. The van der Waals surface area contributed by atoms with Crippen molar-refractivity contribution in [2.45, 2.75) is 31.7 Å². The third kappa shape index (κ3) is 2.54. The summed E-state index contributed by atoms with van der Waals surface area (Å²) in [6, 6.07) is 7.11. The number of nitrogens with one attached hydrogen (secondary N) is 1. The van der Waals surface area contributed by atoms with Crippen molar-refractivity contribution in [3.8, 4) is 0 Å². The molecule has 1 aliphatic heterocycles. The molecule has 0 spiro atoms. The second-order valence-corrected chi connectivity index (χ2v) is 6.87. The van der Waals surface area contributed by atoms with E-state index in [9.17, 15) is 14.4 Å². The van der Waals surface area contributed by atoms with Gasteiger partial charge in [0.1, 0.15) is 0 Å². The van der Waals surface area contributed by atoms with Crippen molar-refractivity contribution in [1.29, 1.82) is 0 Å². The van der Waals surface area contributed by atoms with Crippen molar-refractivity contribution in [2.75, 3.05) is 6.54 Å². The van der Waals surface area contributed by atoms with E-state index in [4.69, 9.17) is 0 Å². The lowest BCUT2D eigenvalue weighted by Gasteiger charge is -2.20. The molecule has 24 heavy (non-hydrogen) atoms. The third-order valence-corrected chi connectivity index (χ3v) is 5.29. The van der Waals surface area contributed by atoms with Crippen LogP contribution in [-0.4, -0.2) is 35.2 Å². The highest BCUT2D eigenvalue weighted by Crippen LogP contribution is 2.38. The lowest BCUT2D eigenvalue weighted by atomic mass is 10.0. The van der Waals surface area contributed by atoms with Gasteiger partial charge in [0, 0.05) is 19.0 Å². The maximum Gasteiger partial charge on any atom is 0.261 e. The van der Waals surface area contributed by atoms with Crippen LogP contribution >= 0.6 is 0 Å². The summed E-state index contributed by atoms with van der Waals surface area (Å²) in [6.45, 7) is 0.288. The lowest BCUT2D eigenvalue weighted by molar-refractivity contribution is -0.122. The molecular weight excluding hydrogens is 304 g/mol.